The maximum atomic E-state index is 11.1. The molecule has 1 aliphatic heterocycles. The lowest BCUT2D eigenvalue weighted by molar-refractivity contribution is -0.137. The van der Waals surface area contributed by atoms with Crippen LogP contribution >= 0.6 is 0 Å². The first-order valence-corrected chi connectivity index (χ1v) is 4.44. The van der Waals surface area contributed by atoms with Crippen molar-refractivity contribution in [3.63, 3.8) is 0 Å². The van der Waals surface area contributed by atoms with Gasteiger partial charge >= 0.3 is 0 Å². The zero-order chi connectivity index (χ0) is 10.1. The molecule has 0 unspecified atom stereocenters. The predicted octanol–water partition coefficient (Wildman–Crippen LogP) is 1.35. The number of nitrogens with zero attached hydrogens (tertiary/aromatic N) is 1. The molecule has 0 aromatic carbocycles. The Bertz CT molecular complexity index is 243. The van der Waals surface area contributed by atoms with Crippen LogP contribution in [0.25, 0.3) is 0 Å². The van der Waals surface area contributed by atoms with Crippen LogP contribution in [0.1, 0.15) is 27.2 Å². The molecule has 0 N–H and O–H groups in total. The van der Waals surface area contributed by atoms with Gasteiger partial charge in [-0.3, -0.25) is 14.5 Å². The molecule has 1 heterocycles. The van der Waals surface area contributed by atoms with Gasteiger partial charge in [-0.15, -0.1) is 0 Å². The number of carbonyl (C=O) groups is 2. The predicted molar refractivity (Wildman–Crippen MR) is 49.9 cm³/mol. The monoisotopic (exact) mass is 181 g/mol. The number of hydrogen-bond donors (Lipinski definition) is 0. The van der Waals surface area contributed by atoms with Gasteiger partial charge in [0.25, 0.3) is 11.8 Å². The summed E-state index contributed by atoms with van der Waals surface area (Å²) in [5.74, 6) is -0.372. The van der Waals surface area contributed by atoms with E-state index < -0.39 is 0 Å². The Labute approximate surface area is 78.4 Å². The summed E-state index contributed by atoms with van der Waals surface area (Å²) >= 11 is 0. The Morgan fingerprint density at radius 3 is 2.00 bits per heavy atom. The standard InChI is InChI=1S/C10H15NO2/c1-10(2,3)6-7-11-8(12)4-5-9(11)13/h4-5H,6-7H2,1-3H3. The first-order chi connectivity index (χ1) is 5.90. The van der Waals surface area contributed by atoms with Crippen molar-refractivity contribution in [3.8, 4) is 0 Å². The van der Waals surface area contributed by atoms with Crippen LogP contribution in [0.4, 0.5) is 0 Å². The average Bonchev–Trinajstić information content (AvgIpc) is 2.27. The zero-order valence-electron chi connectivity index (χ0n) is 8.33. The molecule has 3 heteroatoms. The molecule has 1 aliphatic rings. The fourth-order valence-corrected chi connectivity index (χ4v) is 1.10. The van der Waals surface area contributed by atoms with Crippen molar-refractivity contribution in [2.45, 2.75) is 27.2 Å². The van der Waals surface area contributed by atoms with E-state index >= 15 is 0 Å². The second-order valence-corrected chi connectivity index (χ2v) is 4.47. The molecule has 0 saturated heterocycles. The van der Waals surface area contributed by atoms with Crippen molar-refractivity contribution >= 4 is 11.8 Å². The van der Waals surface area contributed by atoms with Gasteiger partial charge in [0, 0.05) is 18.7 Å². The van der Waals surface area contributed by atoms with Gasteiger partial charge in [-0.25, -0.2) is 0 Å². The topological polar surface area (TPSA) is 37.4 Å². The summed E-state index contributed by atoms with van der Waals surface area (Å²) in [7, 11) is 0. The Morgan fingerprint density at radius 1 is 1.15 bits per heavy atom. The van der Waals surface area contributed by atoms with E-state index in [1.807, 2.05) is 0 Å². The Hall–Kier alpha value is -1.12. The van der Waals surface area contributed by atoms with E-state index in [4.69, 9.17) is 0 Å². The average molecular weight is 181 g/mol. The largest absolute Gasteiger partial charge is 0.275 e. The molecule has 72 valence electrons. The van der Waals surface area contributed by atoms with Crippen LogP contribution < -0.4 is 0 Å². The first kappa shape index (κ1) is 9.96. The molecule has 3 nitrogen and oxygen atoms in total. The van der Waals surface area contributed by atoms with Gasteiger partial charge in [0.1, 0.15) is 0 Å². The second-order valence-electron chi connectivity index (χ2n) is 4.47. The number of imide groups is 1. The Morgan fingerprint density at radius 2 is 1.62 bits per heavy atom. The van der Waals surface area contributed by atoms with E-state index in [0.29, 0.717) is 6.54 Å². The van der Waals surface area contributed by atoms with Crippen LogP contribution in [-0.2, 0) is 9.59 Å². The third kappa shape index (κ3) is 2.68. The van der Waals surface area contributed by atoms with E-state index in [-0.39, 0.29) is 17.2 Å². The number of amides is 2. The molecule has 0 fully saturated rings. The van der Waals surface area contributed by atoms with Crippen molar-refractivity contribution < 1.29 is 9.59 Å². The summed E-state index contributed by atoms with van der Waals surface area (Å²) in [4.78, 5) is 23.5. The summed E-state index contributed by atoms with van der Waals surface area (Å²) in [5.41, 5.74) is 0.156. The van der Waals surface area contributed by atoms with Crippen LogP contribution in [0.2, 0.25) is 0 Å². The number of hydrogen-bond acceptors (Lipinski definition) is 2. The molecular formula is C10H15NO2. The van der Waals surface area contributed by atoms with Gasteiger partial charge in [0.2, 0.25) is 0 Å². The van der Waals surface area contributed by atoms with E-state index in [9.17, 15) is 9.59 Å². The van der Waals surface area contributed by atoms with Crippen molar-refractivity contribution in [1.82, 2.24) is 4.90 Å². The van der Waals surface area contributed by atoms with Gasteiger partial charge in [-0.2, -0.15) is 0 Å². The second kappa shape index (κ2) is 3.32. The maximum Gasteiger partial charge on any atom is 0.253 e. The fourth-order valence-electron chi connectivity index (χ4n) is 1.10. The van der Waals surface area contributed by atoms with Crippen LogP contribution in [0.3, 0.4) is 0 Å². The minimum atomic E-state index is -0.186. The van der Waals surface area contributed by atoms with E-state index in [1.165, 1.54) is 17.1 Å². The molecule has 13 heavy (non-hydrogen) atoms. The van der Waals surface area contributed by atoms with Crippen LogP contribution in [-0.4, -0.2) is 23.3 Å². The maximum absolute atomic E-state index is 11.1. The summed E-state index contributed by atoms with van der Waals surface area (Å²) in [6.45, 7) is 6.79. The van der Waals surface area contributed by atoms with E-state index in [1.54, 1.807) is 0 Å². The molecule has 0 aromatic heterocycles. The smallest absolute Gasteiger partial charge is 0.253 e. The minimum Gasteiger partial charge on any atom is -0.275 e. The molecule has 1 rings (SSSR count). The molecule has 0 aromatic rings. The highest BCUT2D eigenvalue weighted by atomic mass is 16.2. The lowest BCUT2D eigenvalue weighted by atomic mass is 9.92. The summed E-state index contributed by atoms with van der Waals surface area (Å²) in [6, 6.07) is 0. The van der Waals surface area contributed by atoms with Crippen molar-refractivity contribution in [2.24, 2.45) is 5.41 Å². The number of rotatable bonds is 2. The van der Waals surface area contributed by atoms with Gasteiger partial charge in [0.05, 0.1) is 0 Å². The Balaban J connectivity index is 2.47. The normalized spacial score (nSPS) is 17.3. The molecule has 0 saturated carbocycles. The van der Waals surface area contributed by atoms with Crippen molar-refractivity contribution in [1.29, 1.82) is 0 Å². The molecule has 0 atom stereocenters. The molecule has 0 bridgehead atoms. The number of carbonyl (C=O) groups excluding carboxylic acids is 2. The van der Waals surface area contributed by atoms with Gasteiger partial charge in [0.15, 0.2) is 0 Å². The highest BCUT2D eigenvalue weighted by Gasteiger charge is 2.24. The highest BCUT2D eigenvalue weighted by Crippen LogP contribution is 2.19. The molecule has 0 radical (unpaired) electrons. The lowest BCUT2D eigenvalue weighted by Gasteiger charge is -2.21. The van der Waals surface area contributed by atoms with Crippen LogP contribution in [0.15, 0.2) is 12.2 Å². The molecular weight excluding hydrogens is 166 g/mol. The van der Waals surface area contributed by atoms with Crippen LogP contribution in [0.5, 0.6) is 0 Å². The third-order valence-corrected chi connectivity index (χ3v) is 1.99. The SMILES string of the molecule is CC(C)(C)CCN1C(=O)C=CC1=O. The molecule has 2 amide bonds. The van der Waals surface area contributed by atoms with Gasteiger partial charge < -0.3 is 0 Å². The van der Waals surface area contributed by atoms with E-state index in [0.717, 1.165) is 6.42 Å². The van der Waals surface area contributed by atoms with Crippen molar-refractivity contribution in [3.05, 3.63) is 12.2 Å². The first-order valence-electron chi connectivity index (χ1n) is 4.44. The quantitative estimate of drug-likeness (QED) is 0.603. The zero-order valence-corrected chi connectivity index (χ0v) is 8.33. The molecule has 0 aliphatic carbocycles. The molecule has 0 spiro atoms. The van der Waals surface area contributed by atoms with Crippen LogP contribution in [0, 0.1) is 5.41 Å². The van der Waals surface area contributed by atoms with Gasteiger partial charge in [-0.1, -0.05) is 20.8 Å². The summed E-state index contributed by atoms with van der Waals surface area (Å²) in [6.07, 6.45) is 3.49. The van der Waals surface area contributed by atoms with Gasteiger partial charge in [-0.05, 0) is 11.8 Å². The lowest BCUT2D eigenvalue weighted by Crippen LogP contribution is -2.32. The fraction of sp³-hybridized carbons (Fsp3) is 0.600. The third-order valence-electron chi connectivity index (χ3n) is 1.99. The van der Waals surface area contributed by atoms with Crippen molar-refractivity contribution in [2.75, 3.05) is 6.54 Å². The van der Waals surface area contributed by atoms with E-state index in [2.05, 4.69) is 20.8 Å². The summed E-state index contributed by atoms with van der Waals surface area (Å²) in [5, 5.41) is 0. The highest BCUT2D eigenvalue weighted by molar-refractivity contribution is 6.12. The Kier molecular flexibility index (Phi) is 2.55. The minimum absolute atomic E-state index is 0.156. The summed E-state index contributed by atoms with van der Waals surface area (Å²) < 4.78 is 0.